The summed E-state index contributed by atoms with van der Waals surface area (Å²) in [6.07, 6.45) is 1.04. The van der Waals surface area contributed by atoms with Crippen LogP contribution in [0.5, 0.6) is 5.75 Å². The number of nitrogens with zero attached hydrogens (tertiary/aromatic N) is 4. The summed E-state index contributed by atoms with van der Waals surface area (Å²) in [6, 6.07) is 17.8. The van der Waals surface area contributed by atoms with E-state index in [9.17, 15) is 4.79 Å². The molecule has 1 heterocycles. The van der Waals surface area contributed by atoms with Crippen molar-refractivity contribution >= 4 is 5.91 Å². The van der Waals surface area contributed by atoms with Crippen molar-refractivity contribution < 1.29 is 9.53 Å². The van der Waals surface area contributed by atoms with Crippen LogP contribution in [0.2, 0.25) is 0 Å². The van der Waals surface area contributed by atoms with Crippen LogP contribution in [0.25, 0.3) is 0 Å². The van der Waals surface area contributed by atoms with Gasteiger partial charge < -0.3 is 9.64 Å². The van der Waals surface area contributed by atoms with Crippen molar-refractivity contribution in [3.8, 4) is 11.8 Å². The average Bonchev–Trinajstić information content (AvgIpc) is 2.99. The fourth-order valence-electron chi connectivity index (χ4n) is 3.77. The molecule has 0 unspecified atom stereocenters. The number of nitriles is 1. The van der Waals surface area contributed by atoms with Gasteiger partial charge in [-0.15, -0.1) is 0 Å². The summed E-state index contributed by atoms with van der Waals surface area (Å²) in [5.74, 6) is 0.937. The van der Waals surface area contributed by atoms with Gasteiger partial charge in [-0.05, 0) is 43.3 Å². The molecule has 158 valence electrons. The Bertz CT molecular complexity index is 876. The number of amides is 1. The minimum absolute atomic E-state index is 0.126. The molecule has 0 aromatic heterocycles. The Morgan fingerprint density at radius 3 is 2.50 bits per heavy atom. The molecule has 2 aromatic carbocycles. The van der Waals surface area contributed by atoms with Gasteiger partial charge in [-0.25, -0.2) is 0 Å². The van der Waals surface area contributed by atoms with E-state index in [0.717, 1.165) is 50.5 Å². The van der Waals surface area contributed by atoms with Gasteiger partial charge in [0.1, 0.15) is 5.75 Å². The molecule has 1 fully saturated rings. The number of rotatable bonds is 7. The first-order valence-corrected chi connectivity index (χ1v) is 10.4. The van der Waals surface area contributed by atoms with E-state index in [1.165, 1.54) is 5.56 Å². The largest absolute Gasteiger partial charge is 0.496 e. The zero-order valence-corrected chi connectivity index (χ0v) is 17.9. The molecule has 0 radical (unpaired) electrons. The van der Waals surface area contributed by atoms with Crippen molar-refractivity contribution in [1.29, 1.82) is 5.26 Å². The molecule has 0 aliphatic carbocycles. The van der Waals surface area contributed by atoms with E-state index in [2.05, 4.69) is 15.9 Å². The average molecular weight is 407 g/mol. The molecule has 6 nitrogen and oxygen atoms in total. The van der Waals surface area contributed by atoms with Gasteiger partial charge in [0.25, 0.3) is 0 Å². The minimum Gasteiger partial charge on any atom is -0.496 e. The van der Waals surface area contributed by atoms with Gasteiger partial charge in [0.2, 0.25) is 5.91 Å². The molecule has 6 heteroatoms. The summed E-state index contributed by atoms with van der Waals surface area (Å²) in [7, 11) is 3.51. The molecule has 1 aliphatic heterocycles. The Hall–Kier alpha value is -2.88. The maximum atomic E-state index is 12.8. The number of carbonyl (C=O) groups excluding carboxylic acids is 1. The molecule has 3 rings (SSSR count). The highest BCUT2D eigenvalue weighted by Crippen LogP contribution is 2.19. The first kappa shape index (κ1) is 21.8. The summed E-state index contributed by atoms with van der Waals surface area (Å²) in [5, 5.41) is 8.93. The molecule has 0 bridgehead atoms. The first-order chi connectivity index (χ1) is 14.6. The second kappa shape index (κ2) is 10.8. The Morgan fingerprint density at radius 2 is 1.77 bits per heavy atom. The van der Waals surface area contributed by atoms with Crippen molar-refractivity contribution in [3.05, 3.63) is 65.2 Å². The van der Waals surface area contributed by atoms with Crippen LogP contribution in [-0.2, 0) is 17.9 Å². The standard InChI is InChI=1S/C24H30N4O2/c1-26(18-22-6-3-4-7-23(22)30-2)24(29)19-28-13-5-12-27(14-15-28)17-21-10-8-20(16-25)9-11-21/h3-4,6-11H,5,12-15,17-19H2,1-2H3. The number of para-hydroxylation sites is 1. The monoisotopic (exact) mass is 406 g/mol. The third kappa shape index (κ3) is 6.06. The Kier molecular flexibility index (Phi) is 7.83. The Morgan fingerprint density at radius 1 is 1.07 bits per heavy atom. The highest BCUT2D eigenvalue weighted by molar-refractivity contribution is 5.78. The van der Waals surface area contributed by atoms with Crippen LogP contribution in [0, 0.1) is 11.3 Å². The molecule has 1 aliphatic rings. The summed E-state index contributed by atoms with van der Waals surface area (Å²) < 4.78 is 5.40. The molecule has 0 N–H and O–H groups in total. The van der Waals surface area contributed by atoms with E-state index >= 15 is 0 Å². The van der Waals surface area contributed by atoms with Crippen LogP contribution >= 0.6 is 0 Å². The quantitative estimate of drug-likeness (QED) is 0.708. The number of carbonyl (C=O) groups is 1. The van der Waals surface area contributed by atoms with E-state index in [0.29, 0.717) is 18.7 Å². The zero-order chi connectivity index (χ0) is 21.3. The number of hydrogen-bond donors (Lipinski definition) is 0. The van der Waals surface area contributed by atoms with Crippen LogP contribution in [0.4, 0.5) is 0 Å². The molecule has 30 heavy (non-hydrogen) atoms. The van der Waals surface area contributed by atoms with E-state index in [4.69, 9.17) is 10.00 Å². The van der Waals surface area contributed by atoms with Crippen molar-refractivity contribution in [2.45, 2.75) is 19.5 Å². The normalized spacial score (nSPS) is 15.2. The van der Waals surface area contributed by atoms with Gasteiger partial charge in [-0.2, -0.15) is 5.26 Å². The fraction of sp³-hybridized carbons (Fsp3) is 0.417. The third-order valence-corrected chi connectivity index (χ3v) is 5.56. The predicted molar refractivity (Wildman–Crippen MR) is 117 cm³/mol. The van der Waals surface area contributed by atoms with E-state index in [1.54, 1.807) is 12.0 Å². The highest BCUT2D eigenvalue weighted by atomic mass is 16.5. The number of methoxy groups -OCH3 is 1. The second-order valence-corrected chi connectivity index (χ2v) is 7.78. The van der Waals surface area contributed by atoms with E-state index in [1.807, 2.05) is 55.6 Å². The van der Waals surface area contributed by atoms with Crippen molar-refractivity contribution in [2.75, 3.05) is 46.9 Å². The first-order valence-electron chi connectivity index (χ1n) is 10.4. The molecular formula is C24H30N4O2. The fourth-order valence-corrected chi connectivity index (χ4v) is 3.77. The lowest BCUT2D eigenvalue weighted by molar-refractivity contribution is -0.131. The lowest BCUT2D eigenvalue weighted by Gasteiger charge is -2.25. The molecule has 0 atom stereocenters. The van der Waals surface area contributed by atoms with Crippen molar-refractivity contribution in [3.63, 3.8) is 0 Å². The van der Waals surface area contributed by atoms with Crippen LogP contribution in [0.1, 0.15) is 23.1 Å². The predicted octanol–water partition coefficient (Wildman–Crippen LogP) is 2.73. The molecular weight excluding hydrogens is 376 g/mol. The summed E-state index contributed by atoms with van der Waals surface area (Å²) >= 11 is 0. The highest BCUT2D eigenvalue weighted by Gasteiger charge is 2.19. The SMILES string of the molecule is COc1ccccc1CN(C)C(=O)CN1CCCN(Cc2ccc(C#N)cc2)CC1. The van der Waals surface area contributed by atoms with Gasteiger partial charge >= 0.3 is 0 Å². The number of likely N-dealkylation sites (N-methyl/N-ethyl adjacent to an activating group) is 1. The number of ether oxygens (including phenoxy) is 1. The molecule has 0 spiro atoms. The number of benzene rings is 2. The van der Waals surface area contributed by atoms with Gasteiger partial charge in [0.05, 0.1) is 25.3 Å². The smallest absolute Gasteiger partial charge is 0.236 e. The van der Waals surface area contributed by atoms with Crippen LogP contribution in [0.3, 0.4) is 0 Å². The van der Waals surface area contributed by atoms with Crippen molar-refractivity contribution in [1.82, 2.24) is 14.7 Å². The van der Waals surface area contributed by atoms with E-state index < -0.39 is 0 Å². The second-order valence-electron chi connectivity index (χ2n) is 7.78. The van der Waals surface area contributed by atoms with Crippen LogP contribution in [-0.4, -0.2) is 67.5 Å². The lowest BCUT2D eigenvalue weighted by Crippen LogP contribution is -2.39. The Balaban J connectivity index is 1.48. The topological polar surface area (TPSA) is 59.8 Å². The van der Waals surface area contributed by atoms with Gasteiger partial charge in [0.15, 0.2) is 0 Å². The lowest BCUT2D eigenvalue weighted by atomic mass is 10.1. The van der Waals surface area contributed by atoms with E-state index in [-0.39, 0.29) is 5.91 Å². The van der Waals surface area contributed by atoms with Gasteiger partial charge in [0, 0.05) is 38.8 Å². The van der Waals surface area contributed by atoms with Crippen molar-refractivity contribution in [2.24, 2.45) is 0 Å². The summed E-state index contributed by atoms with van der Waals surface area (Å²) in [4.78, 5) is 19.2. The molecule has 2 aromatic rings. The molecule has 0 saturated carbocycles. The Labute approximate surface area is 179 Å². The minimum atomic E-state index is 0.126. The van der Waals surface area contributed by atoms with Gasteiger partial charge in [-0.1, -0.05) is 30.3 Å². The maximum absolute atomic E-state index is 12.8. The third-order valence-electron chi connectivity index (χ3n) is 5.56. The summed E-state index contributed by atoms with van der Waals surface area (Å²) in [6.45, 7) is 5.62. The number of hydrogen-bond acceptors (Lipinski definition) is 5. The van der Waals surface area contributed by atoms with Crippen LogP contribution in [0.15, 0.2) is 48.5 Å². The zero-order valence-electron chi connectivity index (χ0n) is 17.9. The van der Waals surface area contributed by atoms with Gasteiger partial charge in [-0.3, -0.25) is 14.6 Å². The maximum Gasteiger partial charge on any atom is 0.236 e. The molecule has 1 saturated heterocycles. The van der Waals surface area contributed by atoms with Crippen LogP contribution < -0.4 is 4.74 Å². The molecule has 1 amide bonds. The summed E-state index contributed by atoms with van der Waals surface area (Å²) in [5.41, 5.74) is 2.92.